The van der Waals surface area contributed by atoms with Crippen molar-refractivity contribution in [2.45, 2.75) is 19.4 Å². The number of rotatable bonds is 6. The number of benzene rings is 2. The fraction of sp³-hybridized carbons (Fsp3) is 0.261. The van der Waals surface area contributed by atoms with Crippen LogP contribution in [0.3, 0.4) is 0 Å². The van der Waals surface area contributed by atoms with E-state index in [-0.39, 0.29) is 12.5 Å². The standard InChI is InChI=1S/C23H23BrN2O3/c1-3-5-15-8-9-20(21(12-15)28-2)29-14-22(27)26-11-10-19-17(13-26)16-6-4-7-18(24)23(16)25-19/h3-4,6-9,12,25H,1,5,10-11,13-14H2,2H3. The smallest absolute Gasteiger partial charge is 0.260 e. The molecule has 0 saturated heterocycles. The molecule has 29 heavy (non-hydrogen) atoms. The summed E-state index contributed by atoms with van der Waals surface area (Å²) in [6.45, 7) is 5.00. The number of carbonyl (C=O) groups is 1. The van der Waals surface area contributed by atoms with E-state index in [1.54, 1.807) is 7.11 Å². The van der Waals surface area contributed by atoms with Crippen LogP contribution in [0.25, 0.3) is 10.9 Å². The Bertz CT molecular complexity index is 1070. The number of fused-ring (bicyclic) bond motifs is 3. The molecular weight excluding hydrogens is 432 g/mol. The number of aromatic nitrogens is 1. The molecule has 0 fully saturated rings. The van der Waals surface area contributed by atoms with Crippen molar-refractivity contribution in [2.24, 2.45) is 0 Å². The lowest BCUT2D eigenvalue weighted by molar-refractivity contribution is -0.134. The summed E-state index contributed by atoms with van der Waals surface area (Å²) >= 11 is 3.60. The molecule has 4 rings (SSSR count). The molecule has 0 aliphatic carbocycles. The summed E-state index contributed by atoms with van der Waals surface area (Å²) in [6, 6.07) is 11.9. The second-order valence-electron chi connectivity index (χ2n) is 7.08. The van der Waals surface area contributed by atoms with Crippen molar-refractivity contribution in [3.05, 3.63) is 70.3 Å². The minimum Gasteiger partial charge on any atom is -0.493 e. The van der Waals surface area contributed by atoms with Crippen molar-refractivity contribution in [3.8, 4) is 11.5 Å². The summed E-state index contributed by atoms with van der Waals surface area (Å²) in [4.78, 5) is 18.2. The minimum absolute atomic E-state index is 0.0153. The van der Waals surface area contributed by atoms with E-state index in [0.717, 1.165) is 33.8 Å². The molecule has 0 spiro atoms. The molecule has 150 valence electrons. The maximum absolute atomic E-state index is 12.8. The molecule has 0 radical (unpaired) electrons. The number of para-hydroxylation sites is 1. The van der Waals surface area contributed by atoms with E-state index < -0.39 is 0 Å². The lowest BCUT2D eigenvalue weighted by atomic mass is 10.0. The van der Waals surface area contributed by atoms with Crippen molar-refractivity contribution in [1.29, 1.82) is 0 Å². The number of aromatic amines is 1. The van der Waals surface area contributed by atoms with Gasteiger partial charge in [0, 0.05) is 40.6 Å². The molecule has 0 atom stereocenters. The molecule has 6 heteroatoms. The predicted octanol–water partition coefficient (Wildman–Crippen LogP) is 4.63. The Morgan fingerprint density at radius 3 is 2.97 bits per heavy atom. The first-order valence-electron chi connectivity index (χ1n) is 9.57. The maximum atomic E-state index is 12.8. The van der Waals surface area contributed by atoms with Gasteiger partial charge in [-0.2, -0.15) is 0 Å². The van der Waals surface area contributed by atoms with Crippen molar-refractivity contribution in [1.82, 2.24) is 9.88 Å². The molecule has 1 amide bonds. The second-order valence-corrected chi connectivity index (χ2v) is 7.93. The van der Waals surface area contributed by atoms with E-state index in [2.05, 4.69) is 33.6 Å². The zero-order valence-electron chi connectivity index (χ0n) is 16.3. The van der Waals surface area contributed by atoms with E-state index in [4.69, 9.17) is 9.47 Å². The van der Waals surface area contributed by atoms with E-state index in [1.807, 2.05) is 41.3 Å². The van der Waals surface area contributed by atoms with E-state index in [9.17, 15) is 4.79 Å². The normalized spacial score (nSPS) is 13.2. The van der Waals surface area contributed by atoms with Crippen LogP contribution in [0.15, 0.2) is 53.5 Å². The van der Waals surface area contributed by atoms with Gasteiger partial charge in [-0.05, 0) is 46.1 Å². The molecule has 2 aromatic carbocycles. The Balaban J connectivity index is 1.46. The number of hydrogen-bond acceptors (Lipinski definition) is 3. The van der Waals surface area contributed by atoms with Crippen LogP contribution in [0.1, 0.15) is 16.8 Å². The topological polar surface area (TPSA) is 54.6 Å². The van der Waals surface area contributed by atoms with Crippen molar-refractivity contribution in [2.75, 3.05) is 20.3 Å². The third-order valence-corrected chi connectivity index (χ3v) is 5.93. The molecule has 0 saturated carbocycles. The van der Waals surface area contributed by atoms with Gasteiger partial charge in [0.25, 0.3) is 5.91 Å². The van der Waals surface area contributed by atoms with Crippen LogP contribution < -0.4 is 9.47 Å². The van der Waals surface area contributed by atoms with Gasteiger partial charge in [0.15, 0.2) is 18.1 Å². The Labute approximate surface area is 178 Å². The molecule has 0 unspecified atom stereocenters. The van der Waals surface area contributed by atoms with Gasteiger partial charge in [0.2, 0.25) is 0 Å². The van der Waals surface area contributed by atoms with Gasteiger partial charge in [-0.25, -0.2) is 0 Å². The molecule has 2 heterocycles. The molecule has 1 aliphatic rings. The second kappa shape index (κ2) is 8.33. The zero-order valence-corrected chi connectivity index (χ0v) is 17.9. The third-order valence-electron chi connectivity index (χ3n) is 5.27. The molecule has 3 aromatic rings. The molecule has 1 N–H and O–H groups in total. The summed E-state index contributed by atoms with van der Waals surface area (Å²) in [5.41, 5.74) is 4.57. The largest absolute Gasteiger partial charge is 0.493 e. The number of allylic oxidation sites excluding steroid dienone is 1. The summed E-state index contributed by atoms with van der Waals surface area (Å²) in [6.07, 6.45) is 3.40. The van der Waals surface area contributed by atoms with Gasteiger partial charge in [-0.1, -0.05) is 24.3 Å². The Morgan fingerprint density at radius 2 is 2.17 bits per heavy atom. The quantitative estimate of drug-likeness (QED) is 0.552. The molecular formula is C23H23BrN2O3. The average Bonchev–Trinajstić information content (AvgIpc) is 3.12. The van der Waals surface area contributed by atoms with Crippen LogP contribution in [-0.2, 0) is 24.2 Å². The molecule has 1 aliphatic heterocycles. The number of nitrogens with one attached hydrogen (secondary N) is 1. The number of H-pyrrole nitrogens is 1. The lowest BCUT2D eigenvalue weighted by Crippen LogP contribution is -2.38. The van der Waals surface area contributed by atoms with Gasteiger partial charge in [-0.15, -0.1) is 6.58 Å². The number of carbonyl (C=O) groups excluding carboxylic acids is 1. The van der Waals surface area contributed by atoms with E-state index in [1.165, 1.54) is 11.3 Å². The van der Waals surface area contributed by atoms with Crippen LogP contribution in [0.5, 0.6) is 11.5 Å². The number of nitrogens with zero attached hydrogens (tertiary/aromatic N) is 1. The molecule has 5 nitrogen and oxygen atoms in total. The van der Waals surface area contributed by atoms with E-state index >= 15 is 0 Å². The number of methoxy groups -OCH3 is 1. The number of halogens is 1. The number of ether oxygens (including phenoxy) is 2. The number of amides is 1. The highest BCUT2D eigenvalue weighted by molar-refractivity contribution is 9.10. The predicted molar refractivity (Wildman–Crippen MR) is 118 cm³/mol. The molecule has 1 aromatic heterocycles. The Morgan fingerprint density at radius 1 is 1.31 bits per heavy atom. The Kier molecular flexibility index (Phi) is 5.62. The first-order valence-corrected chi connectivity index (χ1v) is 10.4. The highest BCUT2D eigenvalue weighted by Gasteiger charge is 2.25. The van der Waals surface area contributed by atoms with Crippen LogP contribution >= 0.6 is 15.9 Å². The monoisotopic (exact) mass is 454 g/mol. The average molecular weight is 455 g/mol. The summed E-state index contributed by atoms with van der Waals surface area (Å²) < 4.78 is 12.2. The van der Waals surface area contributed by atoms with Crippen LogP contribution in [0, 0.1) is 0 Å². The van der Waals surface area contributed by atoms with Crippen molar-refractivity contribution < 1.29 is 14.3 Å². The SMILES string of the molecule is C=CCc1ccc(OCC(=O)N2CCc3[nH]c4c(Br)cccc4c3C2)c(OC)c1. The maximum Gasteiger partial charge on any atom is 0.260 e. The van der Waals surface area contributed by atoms with Crippen molar-refractivity contribution in [3.63, 3.8) is 0 Å². The summed E-state index contributed by atoms with van der Waals surface area (Å²) in [7, 11) is 1.60. The zero-order chi connectivity index (χ0) is 20.4. The minimum atomic E-state index is -0.0304. The molecule has 0 bridgehead atoms. The van der Waals surface area contributed by atoms with Gasteiger partial charge in [0.05, 0.1) is 12.6 Å². The van der Waals surface area contributed by atoms with E-state index in [0.29, 0.717) is 24.6 Å². The highest BCUT2D eigenvalue weighted by Crippen LogP contribution is 2.32. The summed E-state index contributed by atoms with van der Waals surface area (Å²) in [5, 5.41) is 1.16. The number of hydrogen-bond donors (Lipinski definition) is 1. The van der Waals surface area contributed by atoms with Crippen LogP contribution in [-0.4, -0.2) is 36.1 Å². The van der Waals surface area contributed by atoms with Gasteiger partial charge in [0.1, 0.15) is 0 Å². The van der Waals surface area contributed by atoms with Gasteiger partial charge in [-0.3, -0.25) is 4.79 Å². The fourth-order valence-electron chi connectivity index (χ4n) is 3.77. The Hall–Kier alpha value is -2.73. The first-order chi connectivity index (χ1) is 14.1. The van der Waals surface area contributed by atoms with Gasteiger partial charge < -0.3 is 19.4 Å². The van der Waals surface area contributed by atoms with Gasteiger partial charge >= 0.3 is 0 Å². The first kappa shape index (κ1) is 19.6. The fourth-order valence-corrected chi connectivity index (χ4v) is 4.24. The lowest BCUT2D eigenvalue weighted by Gasteiger charge is -2.27. The van der Waals surface area contributed by atoms with Crippen LogP contribution in [0.2, 0.25) is 0 Å². The summed E-state index contributed by atoms with van der Waals surface area (Å²) in [5.74, 6) is 1.17. The highest BCUT2D eigenvalue weighted by atomic mass is 79.9. The van der Waals surface area contributed by atoms with Crippen molar-refractivity contribution >= 4 is 32.7 Å². The third kappa shape index (κ3) is 3.90. The van der Waals surface area contributed by atoms with Crippen LogP contribution in [0.4, 0.5) is 0 Å².